The van der Waals surface area contributed by atoms with Gasteiger partial charge in [0.05, 0.1) is 11.5 Å². The molecular formula is C14H18N4O3. The van der Waals surface area contributed by atoms with Crippen molar-refractivity contribution in [3.05, 3.63) is 51.7 Å². The van der Waals surface area contributed by atoms with Crippen molar-refractivity contribution < 1.29 is 9.66 Å². The summed E-state index contributed by atoms with van der Waals surface area (Å²) in [6, 6.07) is 7.83. The fraction of sp³-hybridized carbons (Fsp3) is 0.357. The summed E-state index contributed by atoms with van der Waals surface area (Å²) in [7, 11) is 1.65. The van der Waals surface area contributed by atoms with Crippen LogP contribution < -0.4 is 5.32 Å². The monoisotopic (exact) mass is 290 g/mol. The third-order valence-corrected chi connectivity index (χ3v) is 3.03. The number of hydrogen-bond donors (Lipinski definition) is 1. The number of nitrogens with one attached hydrogen (secondary N) is 1. The lowest BCUT2D eigenvalue weighted by molar-refractivity contribution is -0.384. The predicted octanol–water partition coefficient (Wildman–Crippen LogP) is 2.48. The predicted molar refractivity (Wildman–Crippen MR) is 79.0 cm³/mol. The van der Waals surface area contributed by atoms with E-state index in [4.69, 9.17) is 4.74 Å². The molecule has 0 atom stereocenters. The molecule has 0 fully saturated rings. The molecule has 0 radical (unpaired) electrons. The first-order valence-electron chi connectivity index (χ1n) is 6.68. The molecule has 0 amide bonds. The van der Waals surface area contributed by atoms with Crippen LogP contribution in [-0.2, 0) is 24.9 Å². The molecule has 2 rings (SSSR count). The van der Waals surface area contributed by atoms with Crippen LogP contribution in [0.3, 0.4) is 0 Å². The first-order chi connectivity index (χ1) is 10.1. The SMILES string of the molecule is CCOCc1ccccc1CNc1nn(C)cc1[N+](=O)[O-]. The van der Waals surface area contributed by atoms with E-state index in [-0.39, 0.29) is 11.5 Å². The Hall–Kier alpha value is -2.41. The zero-order valence-corrected chi connectivity index (χ0v) is 12.1. The number of aryl methyl sites for hydroxylation is 1. The molecule has 0 aliphatic heterocycles. The van der Waals surface area contributed by atoms with E-state index < -0.39 is 4.92 Å². The summed E-state index contributed by atoms with van der Waals surface area (Å²) in [6.45, 7) is 3.57. The van der Waals surface area contributed by atoms with Gasteiger partial charge in [0, 0.05) is 20.2 Å². The largest absolute Gasteiger partial charge is 0.377 e. The van der Waals surface area contributed by atoms with Gasteiger partial charge in [-0.2, -0.15) is 0 Å². The van der Waals surface area contributed by atoms with Crippen LogP contribution in [0.2, 0.25) is 0 Å². The lowest BCUT2D eigenvalue weighted by atomic mass is 10.1. The normalized spacial score (nSPS) is 10.6. The summed E-state index contributed by atoms with van der Waals surface area (Å²) in [6.07, 6.45) is 1.38. The van der Waals surface area contributed by atoms with Gasteiger partial charge in [-0.15, -0.1) is 5.10 Å². The highest BCUT2D eigenvalue weighted by Crippen LogP contribution is 2.22. The van der Waals surface area contributed by atoms with Crippen molar-refractivity contribution in [2.75, 3.05) is 11.9 Å². The van der Waals surface area contributed by atoms with Crippen molar-refractivity contribution in [3.63, 3.8) is 0 Å². The van der Waals surface area contributed by atoms with E-state index in [9.17, 15) is 10.1 Å². The van der Waals surface area contributed by atoms with Crippen LogP contribution in [0.1, 0.15) is 18.1 Å². The van der Waals surface area contributed by atoms with E-state index >= 15 is 0 Å². The van der Waals surface area contributed by atoms with Gasteiger partial charge in [-0.1, -0.05) is 24.3 Å². The Kier molecular flexibility index (Phi) is 4.89. The number of nitrogens with zero attached hydrogens (tertiary/aromatic N) is 3. The van der Waals surface area contributed by atoms with Crippen molar-refractivity contribution in [3.8, 4) is 0 Å². The maximum absolute atomic E-state index is 10.9. The highest BCUT2D eigenvalue weighted by molar-refractivity contribution is 5.54. The molecule has 0 saturated heterocycles. The highest BCUT2D eigenvalue weighted by Gasteiger charge is 2.18. The zero-order valence-electron chi connectivity index (χ0n) is 12.1. The fourth-order valence-electron chi connectivity index (χ4n) is 2.00. The Balaban J connectivity index is 2.11. The quantitative estimate of drug-likeness (QED) is 0.625. The summed E-state index contributed by atoms with van der Waals surface area (Å²) < 4.78 is 6.85. The van der Waals surface area contributed by atoms with Crippen molar-refractivity contribution in [1.29, 1.82) is 0 Å². The molecule has 1 aromatic carbocycles. The van der Waals surface area contributed by atoms with Crippen molar-refractivity contribution >= 4 is 11.5 Å². The Labute approximate surface area is 122 Å². The third kappa shape index (κ3) is 3.79. The topological polar surface area (TPSA) is 82.2 Å². The molecule has 0 unspecified atom stereocenters. The Morgan fingerprint density at radius 1 is 1.38 bits per heavy atom. The summed E-state index contributed by atoms with van der Waals surface area (Å²) >= 11 is 0. The van der Waals surface area contributed by atoms with Crippen LogP contribution in [0.4, 0.5) is 11.5 Å². The second-order valence-electron chi connectivity index (χ2n) is 4.55. The Bertz CT molecular complexity index is 624. The molecule has 1 N–H and O–H groups in total. The van der Waals surface area contributed by atoms with Crippen LogP contribution in [0.15, 0.2) is 30.5 Å². The van der Waals surface area contributed by atoms with Crippen molar-refractivity contribution in [1.82, 2.24) is 9.78 Å². The number of nitro groups is 1. The summed E-state index contributed by atoms with van der Waals surface area (Å²) in [5.41, 5.74) is 2.07. The molecule has 7 heteroatoms. The van der Waals surface area contributed by atoms with Gasteiger partial charge < -0.3 is 10.1 Å². The smallest absolute Gasteiger partial charge is 0.330 e. The molecule has 0 aliphatic rings. The molecule has 112 valence electrons. The van der Waals surface area contributed by atoms with E-state index in [0.29, 0.717) is 19.8 Å². The Morgan fingerprint density at radius 2 is 2.10 bits per heavy atom. The average Bonchev–Trinajstić information content (AvgIpc) is 2.85. The Morgan fingerprint density at radius 3 is 2.76 bits per heavy atom. The van der Waals surface area contributed by atoms with E-state index in [2.05, 4.69) is 10.4 Å². The van der Waals surface area contributed by atoms with Crippen LogP contribution in [0.25, 0.3) is 0 Å². The maximum atomic E-state index is 10.9. The standard InChI is InChI=1S/C14H18N4O3/c1-3-21-10-12-7-5-4-6-11(12)8-15-14-13(18(19)20)9-17(2)16-14/h4-7,9H,3,8,10H2,1-2H3,(H,15,16). The molecule has 0 bridgehead atoms. The summed E-state index contributed by atoms with van der Waals surface area (Å²) in [5, 5.41) is 18.0. The third-order valence-electron chi connectivity index (χ3n) is 3.03. The van der Waals surface area contributed by atoms with Gasteiger partial charge in [0.25, 0.3) is 0 Å². The minimum absolute atomic E-state index is 0.0280. The van der Waals surface area contributed by atoms with E-state index in [0.717, 1.165) is 11.1 Å². The number of aromatic nitrogens is 2. The maximum Gasteiger partial charge on any atom is 0.330 e. The van der Waals surface area contributed by atoms with Crippen molar-refractivity contribution in [2.45, 2.75) is 20.1 Å². The number of hydrogen-bond acceptors (Lipinski definition) is 5. The number of benzene rings is 1. The fourth-order valence-corrected chi connectivity index (χ4v) is 2.00. The van der Waals surface area contributed by atoms with Gasteiger partial charge in [-0.05, 0) is 18.1 Å². The first-order valence-corrected chi connectivity index (χ1v) is 6.68. The van der Waals surface area contributed by atoms with Crippen LogP contribution in [-0.4, -0.2) is 21.3 Å². The molecule has 21 heavy (non-hydrogen) atoms. The van der Waals surface area contributed by atoms with Gasteiger partial charge in [-0.25, -0.2) is 0 Å². The molecule has 0 aliphatic carbocycles. The second-order valence-corrected chi connectivity index (χ2v) is 4.55. The van der Waals surface area contributed by atoms with E-state index in [1.165, 1.54) is 10.9 Å². The van der Waals surface area contributed by atoms with Crippen LogP contribution in [0.5, 0.6) is 0 Å². The van der Waals surface area contributed by atoms with E-state index in [1.807, 2.05) is 31.2 Å². The molecule has 1 aromatic heterocycles. The zero-order chi connectivity index (χ0) is 15.2. The number of anilines is 1. The minimum Gasteiger partial charge on any atom is -0.377 e. The van der Waals surface area contributed by atoms with Gasteiger partial charge >= 0.3 is 5.69 Å². The molecule has 7 nitrogen and oxygen atoms in total. The lowest BCUT2D eigenvalue weighted by Crippen LogP contribution is -2.06. The van der Waals surface area contributed by atoms with Crippen LogP contribution in [0, 0.1) is 10.1 Å². The minimum atomic E-state index is -0.443. The molecule has 1 heterocycles. The lowest BCUT2D eigenvalue weighted by Gasteiger charge is -2.10. The molecule has 0 spiro atoms. The number of ether oxygens (including phenoxy) is 1. The van der Waals surface area contributed by atoms with Crippen molar-refractivity contribution in [2.24, 2.45) is 7.05 Å². The number of rotatable bonds is 7. The van der Waals surface area contributed by atoms with Crippen LogP contribution >= 0.6 is 0 Å². The first kappa shape index (κ1) is 15.0. The highest BCUT2D eigenvalue weighted by atomic mass is 16.6. The van der Waals surface area contributed by atoms with Gasteiger partial charge in [0.2, 0.25) is 5.82 Å². The molecule has 0 saturated carbocycles. The van der Waals surface area contributed by atoms with E-state index in [1.54, 1.807) is 7.05 Å². The summed E-state index contributed by atoms with van der Waals surface area (Å²) in [4.78, 5) is 10.5. The average molecular weight is 290 g/mol. The van der Waals surface area contributed by atoms with Gasteiger partial charge in [0.1, 0.15) is 6.20 Å². The van der Waals surface area contributed by atoms with Gasteiger partial charge in [0.15, 0.2) is 0 Å². The summed E-state index contributed by atoms with van der Waals surface area (Å²) in [5.74, 6) is 0.272. The molecular weight excluding hydrogens is 272 g/mol. The van der Waals surface area contributed by atoms with Gasteiger partial charge in [-0.3, -0.25) is 14.8 Å². The second kappa shape index (κ2) is 6.85. The molecule has 2 aromatic rings.